The number of methoxy groups -OCH3 is 1. The maximum atomic E-state index is 7.46. The molecule has 0 saturated carbocycles. The summed E-state index contributed by atoms with van der Waals surface area (Å²) in [5.41, 5.74) is 2.88. The van der Waals surface area contributed by atoms with E-state index in [1.807, 2.05) is 29.3 Å². The summed E-state index contributed by atoms with van der Waals surface area (Å²) < 4.78 is 4.80. The average molecular weight is 178 g/mol. The summed E-state index contributed by atoms with van der Waals surface area (Å²) in [5.74, 6) is 0.572. The van der Waals surface area contributed by atoms with Gasteiger partial charge in [0.1, 0.15) is 6.17 Å². The lowest BCUT2D eigenvalue weighted by molar-refractivity contribution is 0.395. The SMILES string of the molecule is COC(=N)C1=NN[C@@H]2C=CC=CN12. The molecule has 0 aromatic carbocycles. The summed E-state index contributed by atoms with van der Waals surface area (Å²) in [5, 5.41) is 11.5. The van der Waals surface area contributed by atoms with Crippen molar-refractivity contribution in [2.45, 2.75) is 6.17 Å². The molecule has 0 radical (unpaired) electrons. The van der Waals surface area contributed by atoms with Crippen LogP contribution < -0.4 is 5.43 Å². The second kappa shape index (κ2) is 2.93. The summed E-state index contributed by atoms with van der Waals surface area (Å²) in [6.07, 6.45) is 7.66. The molecule has 5 nitrogen and oxygen atoms in total. The highest BCUT2D eigenvalue weighted by Gasteiger charge is 2.28. The Labute approximate surface area is 75.9 Å². The lowest BCUT2D eigenvalue weighted by atomic mass is 10.3. The smallest absolute Gasteiger partial charge is 0.252 e. The van der Waals surface area contributed by atoms with Crippen LogP contribution in [0.25, 0.3) is 0 Å². The van der Waals surface area contributed by atoms with Crippen LogP contribution in [0.3, 0.4) is 0 Å². The predicted octanol–water partition coefficient (Wildman–Crippen LogP) is 0.238. The van der Waals surface area contributed by atoms with Gasteiger partial charge in [0.15, 0.2) is 0 Å². The van der Waals surface area contributed by atoms with E-state index in [0.717, 1.165) is 0 Å². The molecule has 2 aliphatic heterocycles. The van der Waals surface area contributed by atoms with Gasteiger partial charge in [0.2, 0.25) is 5.84 Å². The van der Waals surface area contributed by atoms with Gasteiger partial charge in [-0.25, -0.2) is 0 Å². The lowest BCUT2D eigenvalue weighted by Gasteiger charge is -2.22. The molecule has 0 saturated heterocycles. The molecule has 0 unspecified atom stereocenters. The highest BCUT2D eigenvalue weighted by atomic mass is 16.5. The quantitative estimate of drug-likeness (QED) is 0.446. The van der Waals surface area contributed by atoms with Crippen molar-refractivity contribution in [1.29, 1.82) is 5.41 Å². The van der Waals surface area contributed by atoms with E-state index in [2.05, 4.69) is 10.5 Å². The first-order valence-corrected chi connectivity index (χ1v) is 3.92. The number of nitrogens with one attached hydrogen (secondary N) is 2. The Kier molecular flexibility index (Phi) is 1.77. The Morgan fingerprint density at radius 2 is 2.54 bits per heavy atom. The summed E-state index contributed by atoms with van der Waals surface area (Å²) in [7, 11) is 1.46. The zero-order valence-corrected chi connectivity index (χ0v) is 7.19. The minimum atomic E-state index is 0.0236. The molecule has 1 atom stereocenters. The van der Waals surface area contributed by atoms with Gasteiger partial charge in [0.25, 0.3) is 5.90 Å². The molecule has 0 aliphatic carbocycles. The average Bonchev–Trinajstić information content (AvgIpc) is 2.60. The minimum absolute atomic E-state index is 0.0236. The first kappa shape index (κ1) is 7.85. The fourth-order valence-corrected chi connectivity index (χ4v) is 1.25. The van der Waals surface area contributed by atoms with E-state index in [1.54, 1.807) is 0 Å². The van der Waals surface area contributed by atoms with Gasteiger partial charge < -0.3 is 9.64 Å². The molecule has 2 heterocycles. The van der Waals surface area contributed by atoms with E-state index in [-0.39, 0.29) is 12.1 Å². The van der Waals surface area contributed by atoms with Crippen LogP contribution in [-0.2, 0) is 4.74 Å². The first-order valence-electron chi connectivity index (χ1n) is 3.92. The molecule has 0 aromatic rings. The van der Waals surface area contributed by atoms with Crippen LogP contribution in [0.5, 0.6) is 0 Å². The first-order chi connectivity index (χ1) is 6.33. The molecule has 0 spiro atoms. The lowest BCUT2D eigenvalue weighted by Crippen LogP contribution is -2.38. The molecule has 2 N–H and O–H groups in total. The number of hydrogen-bond donors (Lipinski definition) is 2. The number of ether oxygens (including phenoxy) is 1. The highest BCUT2D eigenvalue weighted by Crippen LogP contribution is 2.12. The molecule has 0 amide bonds. The van der Waals surface area contributed by atoms with E-state index in [9.17, 15) is 0 Å². The summed E-state index contributed by atoms with van der Waals surface area (Å²) in [6.45, 7) is 0. The molecule has 2 rings (SSSR count). The third-order valence-electron chi connectivity index (χ3n) is 1.91. The van der Waals surface area contributed by atoms with Crippen molar-refractivity contribution in [3.8, 4) is 0 Å². The van der Waals surface area contributed by atoms with Gasteiger partial charge in [-0.15, -0.1) is 0 Å². The van der Waals surface area contributed by atoms with Crippen LogP contribution in [-0.4, -0.2) is 29.9 Å². The number of allylic oxidation sites excluding steroid dienone is 2. The number of rotatable bonds is 1. The van der Waals surface area contributed by atoms with Gasteiger partial charge in [-0.3, -0.25) is 10.8 Å². The van der Waals surface area contributed by atoms with Crippen molar-refractivity contribution in [2.24, 2.45) is 5.10 Å². The van der Waals surface area contributed by atoms with Crippen LogP contribution in [0.15, 0.2) is 29.5 Å². The Bertz CT molecular complexity index is 318. The zero-order chi connectivity index (χ0) is 9.26. The van der Waals surface area contributed by atoms with Crippen LogP contribution >= 0.6 is 0 Å². The predicted molar refractivity (Wildman–Crippen MR) is 49.2 cm³/mol. The second-order valence-electron chi connectivity index (χ2n) is 2.68. The van der Waals surface area contributed by atoms with Gasteiger partial charge in [0.05, 0.1) is 7.11 Å². The third kappa shape index (κ3) is 1.18. The Morgan fingerprint density at radius 1 is 1.69 bits per heavy atom. The van der Waals surface area contributed by atoms with E-state index in [1.165, 1.54) is 7.11 Å². The summed E-state index contributed by atoms with van der Waals surface area (Å²) in [6, 6.07) is 0. The van der Waals surface area contributed by atoms with Gasteiger partial charge in [0, 0.05) is 6.20 Å². The summed E-state index contributed by atoms with van der Waals surface area (Å²) >= 11 is 0. The Morgan fingerprint density at radius 3 is 3.31 bits per heavy atom. The molecule has 5 heteroatoms. The summed E-state index contributed by atoms with van der Waals surface area (Å²) in [4.78, 5) is 1.84. The van der Waals surface area contributed by atoms with Crippen molar-refractivity contribution in [1.82, 2.24) is 10.3 Å². The van der Waals surface area contributed by atoms with Crippen molar-refractivity contribution >= 4 is 11.7 Å². The van der Waals surface area contributed by atoms with Crippen LogP contribution in [0.1, 0.15) is 0 Å². The molecular formula is C8H10N4O. The minimum Gasteiger partial charge on any atom is -0.479 e. The second-order valence-corrected chi connectivity index (χ2v) is 2.68. The van der Waals surface area contributed by atoms with Crippen LogP contribution in [0.2, 0.25) is 0 Å². The number of hydrogen-bond acceptors (Lipinski definition) is 5. The maximum Gasteiger partial charge on any atom is 0.252 e. The van der Waals surface area contributed by atoms with Gasteiger partial charge in [-0.1, -0.05) is 6.08 Å². The fourth-order valence-electron chi connectivity index (χ4n) is 1.25. The highest BCUT2D eigenvalue weighted by molar-refractivity contribution is 6.37. The topological polar surface area (TPSA) is 60.7 Å². The van der Waals surface area contributed by atoms with Crippen molar-refractivity contribution in [3.05, 3.63) is 24.4 Å². The van der Waals surface area contributed by atoms with Gasteiger partial charge >= 0.3 is 0 Å². The molecule has 68 valence electrons. The molecule has 2 aliphatic rings. The molecule has 0 fully saturated rings. The number of nitrogens with zero attached hydrogens (tertiary/aromatic N) is 2. The van der Waals surface area contributed by atoms with Crippen molar-refractivity contribution in [3.63, 3.8) is 0 Å². The largest absolute Gasteiger partial charge is 0.479 e. The van der Waals surface area contributed by atoms with Gasteiger partial charge in [-0.2, -0.15) is 5.10 Å². The normalized spacial score (nSPS) is 23.6. The van der Waals surface area contributed by atoms with Crippen LogP contribution in [0, 0.1) is 5.41 Å². The van der Waals surface area contributed by atoms with E-state index < -0.39 is 0 Å². The zero-order valence-electron chi connectivity index (χ0n) is 7.19. The maximum absolute atomic E-state index is 7.46. The molecule has 0 bridgehead atoms. The Balaban J connectivity index is 2.20. The number of hydrazone groups is 1. The van der Waals surface area contributed by atoms with E-state index in [0.29, 0.717) is 5.84 Å². The Hall–Kier alpha value is -1.78. The standard InChI is InChI=1S/C8H10N4O/c1-13-7(9)8-11-10-6-4-2-3-5-12(6)8/h2-6,9-10H,1H3/t6-/m0/s1. The molecule has 13 heavy (non-hydrogen) atoms. The van der Waals surface area contributed by atoms with E-state index >= 15 is 0 Å². The van der Waals surface area contributed by atoms with Crippen molar-refractivity contribution < 1.29 is 4.74 Å². The van der Waals surface area contributed by atoms with Crippen LogP contribution in [0.4, 0.5) is 0 Å². The van der Waals surface area contributed by atoms with Gasteiger partial charge in [-0.05, 0) is 12.2 Å². The molecule has 0 aromatic heterocycles. The third-order valence-corrected chi connectivity index (χ3v) is 1.91. The number of amidine groups is 1. The molecular weight excluding hydrogens is 168 g/mol. The number of fused-ring (bicyclic) bond motifs is 1. The van der Waals surface area contributed by atoms with E-state index in [4.69, 9.17) is 10.1 Å². The fraction of sp³-hybridized carbons (Fsp3) is 0.250. The van der Waals surface area contributed by atoms with Crippen molar-refractivity contribution in [2.75, 3.05) is 7.11 Å². The monoisotopic (exact) mass is 178 g/mol.